The van der Waals surface area contributed by atoms with Crippen LogP contribution in [0.15, 0.2) is 30.3 Å². The Kier molecular flexibility index (Phi) is 5.94. The Morgan fingerprint density at radius 3 is 2.36 bits per heavy atom. The lowest BCUT2D eigenvalue weighted by Crippen LogP contribution is -1.98. The first-order valence-electron chi connectivity index (χ1n) is 3.72. The highest BCUT2D eigenvalue weighted by Crippen LogP contribution is 2.03. The number of hydrogen-bond donors (Lipinski definition) is 1. The summed E-state index contributed by atoms with van der Waals surface area (Å²) in [5, 5.41) is 3.29. The van der Waals surface area contributed by atoms with Gasteiger partial charge in [0.05, 0.1) is 0 Å². The molecule has 1 aromatic carbocycles. The van der Waals surface area contributed by atoms with Crippen molar-refractivity contribution in [3.8, 4) is 0 Å². The molecule has 1 nitrogen and oxygen atoms in total. The third-order valence-corrected chi connectivity index (χ3v) is 1.35. The van der Waals surface area contributed by atoms with E-state index in [0.717, 1.165) is 6.54 Å². The van der Waals surface area contributed by atoms with Gasteiger partial charge in [-0.1, -0.05) is 25.1 Å². The monoisotopic (exact) mass is 215 g/mol. The molecule has 0 unspecified atom stereocenters. The Hall–Kier alpha value is -0.500. The molecule has 0 aliphatic carbocycles. The second kappa shape index (κ2) is 6.23. The quantitative estimate of drug-likeness (QED) is 0.818. The minimum Gasteiger partial charge on any atom is -0.385 e. The molecule has 0 fully saturated rings. The fourth-order valence-corrected chi connectivity index (χ4v) is 0.825. The summed E-state index contributed by atoms with van der Waals surface area (Å²) in [6.07, 6.45) is 1.18. The van der Waals surface area contributed by atoms with Crippen molar-refractivity contribution in [2.24, 2.45) is 0 Å². The number of nitrogens with one attached hydrogen (secondary N) is 1. The Morgan fingerprint density at radius 2 is 1.82 bits per heavy atom. The van der Waals surface area contributed by atoms with Crippen molar-refractivity contribution in [2.45, 2.75) is 13.3 Å². The maximum Gasteiger partial charge on any atom is 0.0340 e. The van der Waals surface area contributed by atoms with E-state index in [0.29, 0.717) is 0 Å². The van der Waals surface area contributed by atoms with Crippen LogP contribution < -0.4 is 5.32 Å². The average Bonchev–Trinajstić information content (AvgIpc) is 2.03. The fraction of sp³-hybridized carbons (Fsp3) is 0.333. The number of halogens is 1. The minimum atomic E-state index is 0. The van der Waals surface area contributed by atoms with Crippen molar-refractivity contribution in [1.82, 2.24) is 0 Å². The third kappa shape index (κ3) is 4.04. The normalized spacial score (nSPS) is 8.45. The molecule has 0 saturated heterocycles. The average molecular weight is 216 g/mol. The van der Waals surface area contributed by atoms with Crippen LogP contribution in [-0.4, -0.2) is 6.54 Å². The van der Waals surface area contributed by atoms with Gasteiger partial charge in [-0.05, 0) is 18.6 Å². The molecule has 0 saturated carbocycles. The zero-order chi connectivity index (χ0) is 7.23. The fourth-order valence-electron chi connectivity index (χ4n) is 0.825. The van der Waals surface area contributed by atoms with Crippen LogP contribution in [0, 0.1) is 0 Å². The Labute approximate surface area is 78.6 Å². The van der Waals surface area contributed by atoms with Gasteiger partial charge in [0.15, 0.2) is 0 Å². The second-order valence-electron chi connectivity index (χ2n) is 2.29. The summed E-state index contributed by atoms with van der Waals surface area (Å²) >= 11 is 0. The molecule has 0 aromatic heterocycles. The molecular formula is C9H14BrN. The first kappa shape index (κ1) is 10.5. The molecule has 0 spiro atoms. The summed E-state index contributed by atoms with van der Waals surface area (Å²) in [7, 11) is 0. The number of hydrogen-bond acceptors (Lipinski definition) is 1. The standard InChI is InChI=1S/C9H13N.BrH/c1-2-8-10-9-6-4-3-5-7-9;/h3-7,10H,2,8H2,1H3;1H. The maximum absolute atomic E-state index is 3.29. The largest absolute Gasteiger partial charge is 0.385 e. The molecule has 0 atom stereocenters. The topological polar surface area (TPSA) is 12.0 Å². The van der Waals surface area contributed by atoms with Gasteiger partial charge in [-0.2, -0.15) is 0 Å². The van der Waals surface area contributed by atoms with E-state index in [2.05, 4.69) is 24.4 Å². The van der Waals surface area contributed by atoms with E-state index in [1.165, 1.54) is 12.1 Å². The highest BCUT2D eigenvalue weighted by molar-refractivity contribution is 8.93. The summed E-state index contributed by atoms with van der Waals surface area (Å²) in [5.41, 5.74) is 1.21. The molecule has 0 aliphatic rings. The maximum atomic E-state index is 3.29. The second-order valence-corrected chi connectivity index (χ2v) is 2.29. The van der Waals surface area contributed by atoms with Crippen molar-refractivity contribution < 1.29 is 0 Å². The van der Waals surface area contributed by atoms with Crippen molar-refractivity contribution in [3.05, 3.63) is 30.3 Å². The predicted octanol–water partition coefficient (Wildman–Crippen LogP) is 3.09. The molecule has 2 heteroatoms. The summed E-state index contributed by atoms with van der Waals surface area (Å²) < 4.78 is 0. The van der Waals surface area contributed by atoms with Crippen molar-refractivity contribution in [2.75, 3.05) is 11.9 Å². The zero-order valence-corrected chi connectivity index (χ0v) is 8.42. The highest BCUT2D eigenvalue weighted by atomic mass is 79.9. The van der Waals surface area contributed by atoms with E-state index in [1.54, 1.807) is 0 Å². The number of para-hydroxylation sites is 1. The molecule has 1 N–H and O–H groups in total. The lowest BCUT2D eigenvalue weighted by molar-refractivity contribution is 0.980. The van der Waals surface area contributed by atoms with Gasteiger partial charge in [-0.15, -0.1) is 17.0 Å². The van der Waals surface area contributed by atoms with Gasteiger partial charge in [0.2, 0.25) is 0 Å². The van der Waals surface area contributed by atoms with Crippen LogP contribution >= 0.6 is 17.0 Å². The van der Waals surface area contributed by atoms with Gasteiger partial charge in [-0.3, -0.25) is 0 Å². The first-order chi connectivity index (χ1) is 4.93. The Morgan fingerprint density at radius 1 is 1.18 bits per heavy atom. The van der Waals surface area contributed by atoms with Crippen LogP contribution in [0.1, 0.15) is 13.3 Å². The van der Waals surface area contributed by atoms with Gasteiger partial charge in [0, 0.05) is 12.2 Å². The lowest BCUT2D eigenvalue weighted by atomic mass is 10.3. The van der Waals surface area contributed by atoms with Crippen molar-refractivity contribution in [3.63, 3.8) is 0 Å². The Bertz CT molecular complexity index is 174. The predicted molar refractivity (Wildman–Crippen MR) is 55.5 cm³/mol. The molecule has 11 heavy (non-hydrogen) atoms. The smallest absolute Gasteiger partial charge is 0.0340 e. The molecule has 1 aromatic rings. The molecular weight excluding hydrogens is 202 g/mol. The van der Waals surface area contributed by atoms with Crippen LogP contribution in [-0.2, 0) is 0 Å². The molecule has 1 rings (SSSR count). The number of anilines is 1. The number of rotatable bonds is 3. The zero-order valence-electron chi connectivity index (χ0n) is 6.71. The summed E-state index contributed by atoms with van der Waals surface area (Å²) in [4.78, 5) is 0. The third-order valence-electron chi connectivity index (χ3n) is 1.35. The van der Waals surface area contributed by atoms with Crippen LogP contribution in [0.25, 0.3) is 0 Å². The molecule has 62 valence electrons. The van der Waals surface area contributed by atoms with Gasteiger partial charge < -0.3 is 5.32 Å². The SMILES string of the molecule is Br.CCCNc1ccccc1. The summed E-state index contributed by atoms with van der Waals surface area (Å²) in [6.45, 7) is 3.22. The van der Waals surface area contributed by atoms with Crippen molar-refractivity contribution in [1.29, 1.82) is 0 Å². The molecule has 0 amide bonds. The van der Waals surface area contributed by atoms with E-state index in [4.69, 9.17) is 0 Å². The highest BCUT2D eigenvalue weighted by Gasteiger charge is 1.84. The molecule has 0 heterocycles. The first-order valence-corrected chi connectivity index (χ1v) is 3.72. The van der Waals surface area contributed by atoms with E-state index in [9.17, 15) is 0 Å². The van der Waals surface area contributed by atoms with Crippen LogP contribution in [0.2, 0.25) is 0 Å². The number of benzene rings is 1. The van der Waals surface area contributed by atoms with Crippen LogP contribution in [0.4, 0.5) is 5.69 Å². The van der Waals surface area contributed by atoms with E-state index >= 15 is 0 Å². The van der Waals surface area contributed by atoms with Gasteiger partial charge >= 0.3 is 0 Å². The van der Waals surface area contributed by atoms with Crippen LogP contribution in [0.5, 0.6) is 0 Å². The lowest BCUT2D eigenvalue weighted by Gasteiger charge is -2.01. The van der Waals surface area contributed by atoms with Gasteiger partial charge in [0.25, 0.3) is 0 Å². The van der Waals surface area contributed by atoms with Crippen LogP contribution in [0.3, 0.4) is 0 Å². The Balaban J connectivity index is 0.000001000. The molecule has 0 aliphatic heterocycles. The van der Waals surface area contributed by atoms with Gasteiger partial charge in [-0.25, -0.2) is 0 Å². The summed E-state index contributed by atoms with van der Waals surface area (Å²) in [6, 6.07) is 10.3. The summed E-state index contributed by atoms with van der Waals surface area (Å²) in [5.74, 6) is 0. The van der Waals surface area contributed by atoms with E-state index in [-0.39, 0.29) is 17.0 Å². The minimum absolute atomic E-state index is 0. The molecule has 0 radical (unpaired) electrons. The molecule has 0 bridgehead atoms. The van der Waals surface area contributed by atoms with Gasteiger partial charge in [0.1, 0.15) is 0 Å². The van der Waals surface area contributed by atoms with Crippen molar-refractivity contribution >= 4 is 22.7 Å². The van der Waals surface area contributed by atoms with E-state index < -0.39 is 0 Å². The van der Waals surface area contributed by atoms with E-state index in [1.807, 2.05) is 18.2 Å².